The Hall–Kier alpha value is -2.61. The SMILES string of the molecule is COC(=O)C1=C[C@H]2OC(C)(C)O[C@H]2[C@H](OC(=O)c2ccccc2)[C@H]1Sc1ccccc1. The highest BCUT2D eigenvalue weighted by molar-refractivity contribution is 8.00. The fraction of sp³-hybridized carbons (Fsp3) is 0.333. The summed E-state index contributed by atoms with van der Waals surface area (Å²) in [5.41, 5.74) is 0.819. The lowest BCUT2D eigenvalue weighted by Crippen LogP contribution is -2.49. The van der Waals surface area contributed by atoms with Crippen molar-refractivity contribution >= 4 is 23.7 Å². The van der Waals surface area contributed by atoms with E-state index in [4.69, 9.17) is 18.9 Å². The third kappa shape index (κ3) is 4.69. The Balaban J connectivity index is 1.73. The Bertz CT molecular complexity index is 972. The molecule has 0 bridgehead atoms. The first-order valence-corrected chi connectivity index (χ1v) is 10.9. The predicted octanol–water partition coefficient (Wildman–Crippen LogP) is 4.01. The molecule has 0 aromatic heterocycles. The standard InChI is InChI=1S/C24H24O6S/c1-24(2)29-18-14-17(23(26)27-3)21(31-16-12-8-5-9-13-16)20(19(18)30-24)28-22(25)15-10-6-4-7-11-15/h4-14,18-21H,1-3H3/t18-,19-,20+,21+/m1/s1. The fourth-order valence-corrected chi connectivity index (χ4v) is 5.05. The summed E-state index contributed by atoms with van der Waals surface area (Å²) in [5.74, 6) is -1.85. The quantitative estimate of drug-likeness (QED) is 0.651. The molecule has 2 aromatic rings. The summed E-state index contributed by atoms with van der Waals surface area (Å²) in [6, 6.07) is 18.4. The van der Waals surface area contributed by atoms with Gasteiger partial charge in [-0.2, -0.15) is 0 Å². The molecule has 162 valence electrons. The number of benzene rings is 2. The lowest BCUT2D eigenvalue weighted by molar-refractivity contribution is -0.152. The molecular formula is C24H24O6S. The number of methoxy groups -OCH3 is 1. The van der Waals surface area contributed by atoms with Crippen LogP contribution in [0.3, 0.4) is 0 Å². The number of ether oxygens (including phenoxy) is 4. The fourth-order valence-electron chi connectivity index (χ4n) is 3.79. The minimum atomic E-state index is -0.878. The summed E-state index contributed by atoms with van der Waals surface area (Å²) in [4.78, 5) is 26.6. The Labute approximate surface area is 185 Å². The summed E-state index contributed by atoms with van der Waals surface area (Å²) < 4.78 is 23.1. The van der Waals surface area contributed by atoms with Crippen LogP contribution in [-0.4, -0.2) is 48.4 Å². The van der Waals surface area contributed by atoms with Crippen molar-refractivity contribution in [3.63, 3.8) is 0 Å². The number of hydrogen-bond acceptors (Lipinski definition) is 7. The number of rotatable bonds is 5. The summed E-state index contributed by atoms with van der Waals surface area (Å²) in [5, 5.41) is -0.527. The first kappa shape index (κ1) is 21.6. The van der Waals surface area contributed by atoms with Gasteiger partial charge in [-0.1, -0.05) is 36.4 Å². The first-order chi connectivity index (χ1) is 14.9. The molecule has 0 spiro atoms. The molecule has 0 N–H and O–H groups in total. The van der Waals surface area contributed by atoms with E-state index in [-0.39, 0.29) is 0 Å². The van der Waals surface area contributed by atoms with Gasteiger partial charge >= 0.3 is 11.9 Å². The van der Waals surface area contributed by atoms with Crippen LogP contribution in [0.15, 0.2) is 77.2 Å². The summed E-state index contributed by atoms with van der Waals surface area (Å²) >= 11 is 1.43. The Kier molecular flexibility index (Phi) is 6.18. The van der Waals surface area contributed by atoms with Crippen LogP contribution in [0.1, 0.15) is 24.2 Å². The van der Waals surface area contributed by atoms with Crippen LogP contribution in [0.5, 0.6) is 0 Å². The molecule has 31 heavy (non-hydrogen) atoms. The van der Waals surface area contributed by atoms with Crippen molar-refractivity contribution in [3.05, 3.63) is 77.9 Å². The van der Waals surface area contributed by atoms with E-state index in [0.717, 1.165) is 4.90 Å². The Morgan fingerprint density at radius 2 is 1.58 bits per heavy atom. The highest BCUT2D eigenvalue weighted by atomic mass is 32.2. The van der Waals surface area contributed by atoms with E-state index in [0.29, 0.717) is 11.1 Å². The summed E-state index contributed by atoms with van der Waals surface area (Å²) in [6.07, 6.45) is -0.120. The first-order valence-electron chi connectivity index (χ1n) is 10.0. The number of carbonyl (C=O) groups excluding carboxylic acids is 2. The van der Waals surface area contributed by atoms with E-state index in [1.54, 1.807) is 44.2 Å². The van der Waals surface area contributed by atoms with Crippen molar-refractivity contribution in [1.82, 2.24) is 0 Å². The predicted molar refractivity (Wildman–Crippen MR) is 116 cm³/mol. The van der Waals surface area contributed by atoms with Crippen LogP contribution in [0.25, 0.3) is 0 Å². The van der Waals surface area contributed by atoms with Crippen LogP contribution < -0.4 is 0 Å². The van der Waals surface area contributed by atoms with E-state index in [1.807, 2.05) is 36.4 Å². The highest BCUT2D eigenvalue weighted by Gasteiger charge is 2.53. The number of carbonyl (C=O) groups is 2. The second-order valence-corrected chi connectivity index (χ2v) is 8.98. The zero-order valence-corrected chi connectivity index (χ0v) is 18.3. The van der Waals surface area contributed by atoms with Crippen LogP contribution in [0.4, 0.5) is 0 Å². The van der Waals surface area contributed by atoms with E-state index in [2.05, 4.69) is 0 Å². The smallest absolute Gasteiger partial charge is 0.338 e. The topological polar surface area (TPSA) is 71.1 Å². The molecule has 1 heterocycles. The van der Waals surface area contributed by atoms with Gasteiger partial charge in [0.1, 0.15) is 18.3 Å². The highest BCUT2D eigenvalue weighted by Crippen LogP contribution is 2.43. The molecule has 2 aliphatic rings. The maximum atomic E-state index is 12.9. The van der Waals surface area contributed by atoms with Crippen molar-refractivity contribution in [2.75, 3.05) is 7.11 Å². The third-order valence-electron chi connectivity index (χ3n) is 5.12. The average molecular weight is 441 g/mol. The van der Waals surface area contributed by atoms with Crippen LogP contribution in [0, 0.1) is 0 Å². The third-order valence-corrected chi connectivity index (χ3v) is 6.44. The molecule has 1 saturated heterocycles. The van der Waals surface area contributed by atoms with Gasteiger partial charge in [-0.25, -0.2) is 9.59 Å². The van der Waals surface area contributed by atoms with Crippen molar-refractivity contribution < 1.29 is 28.5 Å². The van der Waals surface area contributed by atoms with Gasteiger partial charge in [0.05, 0.1) is 23.5 Å². The number of thioether (sulfide) groups is 1. The van der Waals surface area contributed by atoms with Gasteiger partial charge in [-0.15, -0.1) is 11.8 Å². The monoisotopic (exact) mass is 440 g/mol. The molecule has 0 radical (unpaired) electrons. The van der Waals surface area contributed by atoms with E-state index < -0.39 is 41.3 Å². The van der Waals surface area contributed by atoms with Gasteiger partial charge in [0.15, 0.2) is 5.79 Å². The summed E-state index contributed by atoms with van der Waals surface area (Å²) in [7, 11) is 1.33. The second kappa shape index (κ2) is 8.86. The van der Waals surface area contributed by atoms with Gasteiger partial charge in [-0.05, 0) is 44.2 Å². The molecule has 4 atom stereocenters. The molecule has 7 heteroatoms. The Morgan fingerprint density at radius 3 is 2.23 bits per heavy atom. The van der Waals surface area contributed by atoms with Gasteiger partial charge in [0, 0.05) is 4.90 Å². The van der Waals surface area contributed by atoms with Crippen molar-refractivity contribution in [3.8, 4) is 0 Å². The lowest BCUT2D eigenvalue weighted by Gasteiger charge is -2.36. The number of hydrogen-bond donors (Lipinski definition) is 0. The minimum absolute atomic E-state index is 0.393. The molecule has 2 aromatic carbocycles. The zero-order chi connectivity index (χ0) is 22.0. The molecule has 4 rings (SSSR count). The van der Waals surface area contributed by atoms with Crippen molar-refractivity contribution in [2.45, 2.75) is 48.1 Å². The van der Waals surface area contributed by atoms with Gasteiger partial charge < -0.3 is 18.9 Å². The van der Waals surface area contributed by atoms with Crippen molar-refractivity contribution in [2.24, 2.45) is 0 Å². The largest absolute Gasteiger partial charge is 0.466 e. The zero-order valence-electron chi connectivity index (χ0n) is 17.5. The van der Waals surface area contributed by atoms with E-state index in [9.17, 15) is 9.59 Å². The molecule has 0 unspecified atom stereocenters. The van der Waals surface area contributed by atoms with Crippen molar-refractivity contribution in [1.29, 1.82) is 0 Å². The van der Waals surface area contributed by atoms with E-state index >= 15 is 0 Å². The normalized spacial score (nSPS) is 26.5. The molecule has 0 amide bonds. The average Bonchev–Trinajstić information content (AvgIpc) is 3.09. The van der Waals surface area contributed by atoms with Gasteiger partial charge in [0.25, 0.3) is 0 Å². The molecule has 1 aliphatic heterocycles. The number of esters is 2. The maximum absolute atomic E-state index is 12.9. The van der Waals surface area contributed by atoms with Crippen LogP contribution >= 0.6 is 11.8 Å². The molecule has 0 saturated carbocycles. The molecule has 1 fully saturated rings. The maximum Gasteiger partial charge on any atom is 0.338 e. The van der Waals surface area contributed by atoms with Crippen LogP contribution in [0.2, 0.25) is 0 Å². The molecule has 6 nitrogen and oxygen atoms in total. The van der Waals surface area contributed by atoms with Crippen LogP contribution in [-0.2, 0) is 23.7 Å². The second-order valence-electron chi connectivity index (χ2n) is 7.77. The summed E-state index contributed by atoms with van der Waals surface area (Å²) in [6.45, 7) is 3.60. The van der Waals surface area contributed by atoms with Gasteiger partial charge in [-0.3, -0.25) is 0 Å². The molecule has 1 aliphatic carbocycles. The minimum Gasteiger partial charge on any atom is -0.466 e. The molecular weight excluding hydrogens is 416 g/mol. The number of fused-ring (bicyclic) bond motifs is 1. The Morgan fingerprint density at radius 1 is 0.935 bits per heavy atom. The lowest BCUT2D eigenvalue weighted by atomic mass is 9.91. The van der Waals surface area contributed by atoms with E-state index in [1.165, 1.54) is 18.9 Å². The van der Waals surface area contributed by atoms with Gasteiger partial charge in [0.2, 0.25) is 0 Å².